The number of nitrogens with zero attached hydrogens (tertiary/aromatic N) is 3. The van der Waals surface area contributed by atoms with Gasteiger partial charge in [0.05, 0.1) is 17.5 Å². The number of alkyl halides is 6. The van der Waals surface area contributed by atoms with Crippen LogP contribution in [-0.2, 0) is 12.4 Å². The molecule has 0 unspecified atom stereocenters. The molecule has 3 rings (SSSR count). The van der Waals surface area contributed by atoms with Crippen LogP contribution in [0, 0.1) is 6.92 Å². The van der Waals surface area contributed by atoms with Crippen LogP contribution in [-0.4, -0.2) is 14.6 Å². The molecule has 2 heterocycles. The van der Waals surface area contributed by atoms with Crippen LogP contribution in [0.3, 0.4) is 0 Å². The maximum absolute atomic E-state index is 13.2. The molecular weight excluding hydrogens is 336 g/mol. The second-order valence-electron chi connectivity index (χ2n) is 5.16. The third-order valence-corrected chi connectivity index (χ3v) is 3.45. The van der Waals surface area contributed by atoms with E-state index in [0.29, 0.717) is 10.1 Å². The van der Waals surface area contributed by atoms with Crippen molar-refractivity contribution < 1.29 is 26.3 Å². The molecule has 3 nitrogen and oxygen atoms in total. The minimum Gasteiger partial charge on any atom is -0.228 e. The van der Waals surface area contributed by atoms with E-state index in [1.54, 1.807) is 6.92 Å². The first kappa shape index (κ1) is 16.3. The first-order valence-corrected chi connectivity index (χ1v) is 6.67. The van der Waals surface area contributed by atoms with Crippen LogP contribution in [0.25, 0.3) is 16.9 Å². The molecule has 0 fully saturated rings. The van der Waals surface area contributed by atoms with Crippen molar-refractivity contribution in [3.05, 3.63) is 53.3 Å². The van der Waals surface area contributed by atoms with E-state index >= 15 is 0 Å². The highest BCUT2D eigenvalue weighted by Crippen LogP contribution is 2.34. The first-order chi connectivity index (χ1) is 11.1. The van der Waals surface area contributed by atoms with Crippen molar-refractivity contribution in [2.75, 3.05) is 0 Å². The molecule has 0 aliphatic carbocycles. The number of hydrogen-bond acceptors (Lipinski definition) is 2. The number of halogens is 6. The van der Waals surface area contributed by atoms with Gasteiger partial charge in [-0.1, -0.05) is 12.1 Å². The molecule has 0 atom stereocenters. The van der Waals surface area contributed by atoms with Gasteiger partial charge in [-0.25, -0.2) is 9.50 Å². The summed E-state index contributed by atoms with van der Waals surface area (Å²) in [7, 11) is 0. The number of hydrogen-bond donors (Lipinski definition) is 0. The van der Waals surface area contributed by atoms with Gasteiger partial charge in [-0.2, -0.15) is 31.4 Å². The van der Waals surface area contributed by atoms with Crippen LogP contribution in [0.5, 0.6) is 0 Å². The summed E-state index contributed by atoms with van der Waals surface area (Å²) in [4.78, 5) is 4.09. The number of aromatic nitrogens is 3. The van der Waals surface area contributed by atoms with Crippen molar-refractivity contribution in [3.8, 4) is 11.3 Å². The molecule has 0 radical (unpaired) electrons. The summed E-state index contributed by atoms with van der Waals surface area (Å²) < 4.78 is 78.0. The van der Waals surface area contributed by atoms with Gasteiger partial charge in [-0.05, 0) is 25.1 Å². The minimum atomic E-state index is -4.68. The molecule has 0 saturated carbocycles. The Morgan fingerprint density at radius 1 is 0.917 bits per heavy atom. The van der Waals surface area contributed by atoms with E-state index in [1.807, 2.05) is 0 Å². The summed E-state index contributed by atoms with van der Waals surface area (Å²) in [5, 5.41) is 3.65. The lowest BCUT2D eigenvalue weighted by molar-refractivity contribution is -0.142. The van der Waals surface area contributed by atoms with Gasteiger partial charge < -0.3 is 0 Å². The van der Waals surface area contributed by atoms with Crippen molar-refractivity contribution in [1.29, 1.82) is 0 Å². The standard InChI is InChI=1S/C15H9F6N3/c1-8-7-22-24-12(15(19,20)21)6-11(23-13(8)24)9-2-4-10(5-3-9)14(16,17)18/h2-7H,1H3. The largest absolute Gasteiger partial charge is 0.433 e. The Morgan fingerprint density at radius 2 is 1.54 bits per heavy atom. The smallest absolute Gasteiger partial charge is 0.228 e. The molecule has 0 spiro atoms. The van der Waals surface area contributed by atoms with Gasteiger partial charge in [0.15, 0.2) is 11.3 Å². The van der Waals surface area contributed by atoms with Crippen molar-refractivity contribution in [3.63, 3.8) is 0 Å². The van der Waals surface area contributed by atoms with Crippen LogP contribution < -0.4 is 0 Å². The van der Waals surface area contributed by atoms with Gasteiger partial charge in [0.2, 0.25) is 0 Å². The van der Waals surface area contributed by atoms with Gasteiger partial charge in [-0.3, -0.25) is 0 Å². The molecule has 0 aliphatic rings. The van der Waals surface area contributed by atoms with Crippen LogP contribution in [0.4, 0.5) is 26.3 Å². The molecule has 2 aromatic heterocycles. The summed E-state index contributed by atoms with van der Waals surface area (Å²) in [5.41, 5.74) is -1.43. The summed E-state index contributed by atoms with van der Waals surface area (Å²) in [6.45, 7) is 1.55. The first-order valence-electron chi connectivity index (χ1n) is 6.67. The Morgan fingerprint density at radius 3 is 2.08 bits per heavy atom. The highest BCUT2D eigenvalue weighted by Gasteiger charge is 2.35. The average Bonchev–Trinajstić information content (AvgIpc) is 2.86. The van der Waals surface area contributed by atoms with E-state index in [2.05, 4.69) is 10.1 Å². The number of aryl methyl sites for hydroxylation is 1. The molecule has 126 valence electrons. The molecule has 0 aliphatic heterocycles. The zero-order chi connectivity index (χ0) is 17.7. The third-order valence-electron chi connectivity index (χ3n) is 3.45. The highest BCUT2D eigenvalue weighted by atomic mass is 19.4. The summed E-state index contributed by atoms with van der Waals surface area (Å²) in [6.07, 6.45) is -7.95. The van der Waals surface area contributed by atoms with Gasteiger partial charge in [0, 0.05) is 11.1 Å². The van der Waals surface area contributed by atoms with Crippen molar-refractivity contribution >= 4 is 5.65 Å². The van der Waals surface area contributed by atoms with E-state index in [1.165, 1.54) is 6.20 Å². The quantitative estimate of drug-likeness (QED) is 0.596. The van der Waals surface area contributed by atoms with Crippen LogP contribution in [0.15, 0.2) is 36.5 Å². The molecule has 0 saturated heterocycles. The van der Waals surface area contributed by atoms with Gasteiger partial charge in [0.1, 0.15) is 0 Å². The fourth-order valence-corrected chi connectivity index (χ4v) is 2.25. The van der Waals surface area contributed by atoms with Gasteiger partial charge in [0.25, 0.3) is 0 Å². The predicted octanol–water partition coefficient (Wildman–Crippen LogP) is 4.74. The minimum absolute atomic E-state index is 0.000257. The lowest BCUT2D eigenvalue weighted by Crippen LogP contribution is -2.13. The fraction of sp³-hybridized carbons (Fsp3) is 0.200. The van der Waals surface area contributed by atoms with Crippen molar-refractivity contribution in [2.24, 2.45) is 0 Å². The molecular formula is C15H9F6N3. The summed E-state index contributed by atoms with van der Waals surface area (Å²) in [5.74, 6) is 0. The molecule has 0 amide bonds. The monoisotopic (exact) mass is 345 g/mol. The van der Waals surface area contributed by atoms with Gasteiger partial charge >= 0.3 is 12.4 Å². The predicted molar refractivity (Wildman–Crippen MR) is 73.2 cm³/mol. The summed E-state index contributed by atoms with van der Waals surface area (Å²) in [6, 6.07) is 4.55. The van der Waals surface area contributed by atoms with Gasteiger partial charge in [-0.15, -0.1) is 0 Å². The molecule has 1 aromatic carbocycles. The maximum Gasteiger partial charge on any atom is 0.433 e. The lowest BCUT2D eigenvalue weighted by atomic mass is 10.1. The van der Waals surface area contributed by atoms with E-state index in [9.17, 15) is 26.3 Å². The number of fused-ring (bicyclic) bond motifs is 1. The number of rotatable bonds is 1. The van der Waals surface area contributed by atoms with Crippen molar-refractivity contribution in [2.45, 2.75) is 19.3 Å². The normalized spacial score (nSPS) is 12.8. The van der Waals surface area contributed by atoms with Crippen molar-refractivity contribution in [1.82, 2.24) is 14.6 Å². The van der Waals surface area contributed by atoms with Crippen LogP contribution in [0.1, 0.15) is 16.8 Å². The Bertz CT molecular complexity index is 890. The Labute approximate surface area is 131 Å². The van der Waals surface area contributed by atoms with E-state index < -0.39 is 23.6 Å². The van der Waals surface area contributed by atoms with Crippen LogP contribution in [0.2, 0.25) is 0 Å². The zero-order valence-electron chi connectivity index (χ0n) is 12.1. The summed E-state index contributed by atoms with van der Waals surface area (Å²) >= 11 is 0. The average molecular weight is 345 g/mol. The van der Waals surface area contributed by atoms with E-state index in [-0.39, 0.29) is 16.9 Å². The maximum atomic E-state index is 13.2. The highest BCUT2D eigenvalue weighted by molar-refractivity contribution is 5.64. The third kappa shape index (κ3) is 2.81. The molecule has 3 aromatic rings. The SMILES string of the molecule is Cc1cnn2c(C(F)(F)F)cc(-c3ccc(C(F)(F)F)cc3)nc12. The Balaban J connectivity index is 2.18. The lowest BCUT2D eigenvalue weighted by Gasteiger charge is -2.12. The Hall–Kier alpha value is -2.58. The van der Waals surface area contributed by atoms with E-state index in [4.69, 9.17) is 0 Å². The zero-order valence-corrected chi connectivity index (χ0v) is 12.1. The van der Waals surface area contributed by atoms with Crippen LogP contribution >= 0.6 is 0 Å². The molecule has 0 N–H and O–H groups in total. The molecule has 9 heteroatoms. The number of benzene rings is 1. The Kier molecular flexibility index (Phi) is 3.54. The molecule has 24 heavy (non-hydrogen) atoms. The molecule has 0 bridgehead atoms. The topological polar surface area (TPSA) is 30.2 Å². The second-order valence-corrected chi connectivity index (χ2v) is 5.16. The second kappa shape index (κ2) is 5.22. The van der Waals surface area contributed by atoms with E-state index in [0.717, 1.165) is 30.3 Å². The fourth-order valence-electron chi connectivity index (χ4n) is 2.25.